The maximum atomic E-state index is 14.2. The summed E-state index contributed by atoms with van der Waals surface area (Å²) in [6.07, 6.45) is 8.17. The van der Waals surface area contributed by atoms with Crippen LogP contribution in [0.3, 0.4) is 0 Å². The van der Waals surface area contributed by atoms with Crippen LogP contribution in [0.15, 0.2) is 47.4 Å². The highest BCUT2D eigenvalue weighted by Crippen LogP contribution is 2.41. The lowest BCUT2D eigenvalue weighted by Gasteiger charge is -2.44. The number of ether oxygens (including phenoxy) is 1. The molecule has 0 saturated carbocycles. The second-order valence-corrected chi connectivity index (χ2v) is 14.1. The van der Waals surface area contributed by atoms with Crippen molar-refractivity contribution in [3.05, 3.63) is 65.2 Å². The average Bonchev–Trinajstić information content (AvgIpc) is 3.16. The highest BCUT2D eigenvalue weighted by molar-refractivity contribution is 7.90. The van der Waals surface area contributed by atoms with Gasteiger partial charge in [-0.3, -0.25) is 9.69 Å². The van der Waals surface area contributed by atoms with Crippen LogP contribution in [0.25, 0.3) is 0 Å². The van der Waals surface area contributed by atoms with Gasteiger partial charge in [0.2, 0.25) is 5.91 Å². The van der Waals surface area contributed by atoms with Crippen LogP contribution in [-0.4, -0.2) is 74.8 Å². The van der Waals surface area contributed by atoms with E-state index in [0.717, 1.165) is 68.7 Å². The lowest BCUT2D eigenvalue weighted by atomic mass is 9.79. The second kappa shape index (κ2) is 12.9. The first-order chi connectivity index (χ1) is 19.6. The number of fused-ring (bicyclic) bond motifs is 2. The van der Waals surface area contributed by atoms with Gasteiger partial charge >= 0.3 is 0 Å². The van der Waals surface area contributed by atoms with E-state index < -0.39 is 21.5 Å². The van der Waals surface area contributed by atoms with Gasteiger partial charge in [0.05, 0.1) is 11.3 Å². The lowest BCUT2D eigenvalue weighted by molar-refractivity contribution is -0.134. The minimum atomic E-state index is -3.27. The number of likely N-dealkylation sites (N-methyl/N-ethyl adjacent to an activating group) is 1. The minimum Gasteiger partial charge on any atom is -0.381 e. The van der Waals surface area contributed by atoms with Crippen LogP contribution in [0.5, 0.6) is 0 Å². The number of amides is 1. The Morgan fingerprint density at radius 2 is 1.61 bits per heavy atom. The van der Waals surface area contributed by atoms with Gasteiger partial charge in [-0.25, -0.2) is 17.2 Å². The number of hydrogen-bond acceptors (Lipinski definition) is 5. The zero-order valence-corrected chi connectivity index (χ0v) is 24.9. The number of halogens is 2. The fourth-order valence-electron chi connectivity index (χ4n) is 7.50. The smallest absolute Gasteiger partial charge is 0.227 e. The summed E-state index contributed by atoms with van der Waals surface area (Å²) in [4.78, 5) is 18.2. The van der Waals surface area contributed by atoms with Gasteiger partial charge in [-0.15, -0.1) is 0 Å². The van der Waals surface area contributed by atoms with E-state index in [1.165, 1.54) is 18.4 Å². The van der Waals surface area contributed by atoms with Crippen LogP contribution in [-0.2, 0) is 25.8 Å². The van der Waals surface area contributed by atoms with E-state index in [4.69, 9.17) is 4.74 Å². The van der Waals surface area contributed by atoms with Gasteiger partial charge in [0.15, 0.2) is 9.84 Å². The van der Waals surface area contributed by atoms with Crippen LogP contribution >= 0.6 is 0 Å². The summed E-state index contributed by atoms with van der Waals surface area (Å²) in [7, 11) is -3.27. The predicted octanol–water partition coefficient (Wildman–Crippen LogP) is 5.36. The van der Waals surface area contributed by atoms with E-state index in [-0.39, 0.29) is 29.2 Å². The van der Waals surface area contributed by atoms with Crippen molar-refractivity contribution in [3.63, 3.8) is 0 Å². The first-order valence-electron chi connectivity index (χ1n) is 15.0. The summed E-state index contributed by atoms with van der Waals surface area (Å²) in [6, 6.07) is 11.5. The van der Waals surface area contributed by atoms with Gasteiger partial charge in [0.1, 0.15) is 11.6 Å². The Morgan fingerprint density at radius 1 is 1.00 bits per heavy atom. The molecule has 9 heteroatoms. The molecule has 224 valence electrons. The number of carbonyl (C=O) groups excluding carboxylic acids is 1. The second-order valence-electron chi connectivity index (χ2n) is 12.1. The maximum absolute atomic E-state index is 14.2. The minimum absolute atomic E-state index is 0.0742. The molecule has 0 radical (unpaired) electrons. The number of piperidine rings is 1. The molecule has 3 unspecified atom stereocenters. The van der Waals surface area contributed by atoms with E-state index in [1.807, 2.05) is 11.8 Å². The molecular weight excluding hydrogens is 546 g/mol. The number of sulfone groups is 1. The highest BCUT2D eigenvalue weighted by Gasteiger charge is 2.43. The van der Waals surface area contributed by atoms with Gasteiger partial charge in [-0.2, -0.15) is 0 Å². The molecule has 0 spiro atoms. The summed E-state index contributed by atoms with van der Waals surface area (Å²) in [6.45, 7) is 4.93. The Labute approximate surface area is 243 Å². The van der Waals surface area contributed by atoms with Crippen molar-refractivity contribution in [1.82, 2.24) is 9.80 Å². The fourth-order valence-corrected chi connectivity index (χ4v) is 8.13. The van der Waals surface area contributed by atoms with E-state index >= 15 is 0 Å². The third-order valence-corrected chi connectivity index (χ3v) is 10.6. The lowest BCUT2D eigenvalue weighted by Crippen LogP contribution is -2.52. The average molecular weight is 589 g/mol. The molecule has 5 rings (SSSR count). The van der Waals surface area contributed by atoms with Gasteiger partial charge in [-0.1, -0.05) is 12.1 Å². The molecule has 3 saturated heterocycles. The monoisotopic (exact) mass is 588 g/mol. The van der Waals surface area contributed by atoms with Crippen LogP contribution in [0.2, 0.25) is 0 Å². The van der Waals surface area contributed by atoms with E-state index in [0.29, 0.717) is 37.8 Å². The molecule has 6 nitrogen and oxygen atoms in total. The molecule has 0 N–H and O–H groups in total. The van der Waals surface area contributed by atoms with Gasteiger partial charge < -0.3 is 9.64 Å². The molecule has 2 aromatic rings. The Kier molecular flexibility index (Phi) is 9.46. The maximum Gasteiger partial charge on any atom is 0.227 e. The van der Waals surface area contributed by atoms with Crippen LogP contribution in [0.1, 0.15) is 68.9 Å². The van der Waals surface area contributed by atoms with Gasteiger partial charge in [0, 0.05) is 50.2 Å². The van der Waals surface area contributed by atoms with E-state index in [1.54, 1.807) is 24.3 Å². The van der Waals surface area contributed by atoms with Crippen molar-refractivity contribution < 1.29 is 26.7 Å². The molecule has 3 fully saturated rings. The zero-order valence-electron chi connectivity index (χ0n) is 24.1. The fraction of sp³-hybridized carbons (Fsp3) is 0.594. The molecule has 3 atom stereocenters. The molecule has 2 aromatic carbocycles. The standard InChI is InChI=1S/C32H42F2N2O4S/c1-3-35(32(37)16-22-4-8-30(9-5-22)41(2,38)39)29-20-27-6-7-28(21-29)36(27)13-10-31(23-11-14-40-15-12-23)24-17-25(33)19-26(34)18-24/h4-5,8-9,17-19,23,27-29,31H,3,6-7,10-16,20-21H2,1-2H3. The number of nitrogens with zero attached hydrogens (tertiary/aromatic N) is 2. The van der Waals surface area contributed by atoms with Crippen molar-refractivity contribution in [2.24, 2.45) is 5.92 Å². The van der Waals surface area contributed by atoms with Crippen LogP contribution < -0.4 is 0 Å². The highest BCUT2D eigenvalue weighted by atomic mass is 32.2. The van der Waals surface area contributed by atoms with Crippen molar-refractivity contribution >= 4 is 15.7 Å². The first kappa shape index (κ1) is 30.1. The van der Waals surface area contributed by atoms with E-state index in [2.05, 4.69) is 4.90 Å². The Morgan fingerprint density at radius 3 is 2.17 bits per heavy atom. The molecule has 0 aromatic heterocycles. The molecule has 2 bridgehead atoms. The molecule has 3 aliphatic heterocycles. The van der Waals surface area contributed by atoms with Gasteiger partial charge in [0.25, 0.3) is 0 Å². The number of benzene rings is 2. The first-order valence-corrected chi connectivity index (χ1v) is 16.9. The van der Waals surface area contributed by atoms with Crippen molar-refractivity contribution in [2.45, 2.75) is 87.2 Å². The Hall–Kier alpha value is -2.36. The van der Waals surface area contributed by atoms with Crippen molar-refractivity contribution in [3.8, 4) is 0 Å². The van der Waals surface area contributed by atoms with E-state index in [9.17, 15) is 22.0 Å². The third-order valence-electron chi connectivity index (χ3n) is 9.51. The summed E-state index contributed by atoms with van der Waals surface area (Å²) in [5, 5.41) is 0. The van der Waals surface area contributed by atoms with Crippen LogP contribution in [0.4, 0.5) is 8.78 Å². The quantitative estimate of drug-likeness (QED) is 0.374. The number of carbonyl (C=O) groups is 1. The van der Waals surface area contributed by atoms with Crippen LogP contribution in [0, 0.1) is 17.6 Å². The summed E-state index contributed by atoms with van der Waals surface area (Å²) in [5.74, 6) is -0.531. The normalized spacial score (nSPS) is 24.3. The summed E-state index contributed by atoms with van der Waals surface area (Å²) >= 11 is 0. The summed E-state index contributed by atoms with van der Waals surface area (Å²) in [5.41, 5.74) is 1.57. The summed E-state index contributed by atoms with van der Waals surface area (Å²) < 4.78 is 57.5. The van der Waals surface area contributed by atoms with Crippen molar-refractivity contribution in [1.29, 1.82) is 0 Å². The number of hydrogen-bond donors (Lipinski definition) is 0. The molecular formula is C32H42F2N2O4S. The number of rotatable bonds is 10. The Balaban J connectivity index is 1.23. The largest absolute Gasteiger partial charge is 0.381 e. The third kappa shape index (κ3) is 7.17. The molecule has 3 heterocycles. The Bertz CT molecular complexity index is 1280. The molecule has 3 aliphatic rings. The molecule has 0 aliphatic carbocycles. The SMILES string of the molecule is CCN(C(=O)Cc1ccc(S(C)(=O)=O)cc1)C1CC2CCC(C1)N2CCC(c1cc(F)cc(F)c1)C1CCOCC1. The molecule has 1 amide bonds. The van der Waals surface area contributed by atoms with Crippen molar-refractivity contribution in [2.75, 3.05) is 32.6 Å². The molecule has 41 heavy (non-hydrogen) atoms. The topological polar surface area (TPSA) is 66.9 Å². The van der Waals surface area contributed by atoms with Gasteiger partial charge in [-0.05, 0) is 106 Å². The predicted molar refractivity (Wildman–Crippen MR) is 154 cm³/mol. The zero-order chi connectivity index (χ0) is 29.1.